The van der Waals surface area contributed by atoms with E-state index in [9.17, 15) is 4.79 Å². The predicted octanol–water partition coefficient (Wildman–Crippen LogP) is 5.37. The molecule has 1 aromatic heterocycles. The topological polar surface area (TPSA) is 68.7 Å². The number of hydrogen-bond acceptors (Lipinski definition) is 4. The van der Waals surface area contributed by atoms with Gasteiger partial charge in [0.2, 0.25) is 0 Å². The number of hydrogen-bond donors (Lipinski definition) is 1. The summed E-state index contributed by atoms with van der Waals surface area (Å²) in [4.78, 5) is 15.6. The molecule has 0 radical (unpaired) electrons. The minimum atomic E-state index is -0.875. The molecule has 3 aromatic rings. The van der Waals surface area contributed by atoms with Crippen LogP contribution in [0.15, 0.2) is 66.9 Å². The molecular formula is C25H25NO4. The molecule has 154 valence electrons. The Labute approximate surface area is 176 Å². The molecule has 2 aromatic carbocycles. The fourth-order valence-corrected chi connectivity index (χ4v) is 4.06. The van der Waals surface area contributed by atoms with Gasteiger partial charge >= 0.3 is 5.97 Å². The first-order chi connectivity index (χ1) is 14.7. The Kier molecular flexibility index (Phi) is 6.10. The molecular weight excluding hydrogens is 378 g/mol. The third-order valence-electron chi connectivity index (χ3n) is 5.41. The fraction of sp³-hybridized carbons (Fsp3) is 0.280. The number of aliphatic carboxylic acids is 1. The Morgan fingerprint density at radius 1 is 1.13 bits per heavy atom. The molecule has 1 aliphatic rings. The van der Waals surface area contributed by atoms with Gasteiger partial charge in [0.25, 0.3) is 0 Å². The quantitative estimate of drug-likeness (QED) is 0.548. The van der Waals surface area contributed by atoms with Crippen LogP contribution in [0, 0.1) is 0 Å². The van der Waals surface area contributed by atoms with Gasteiger partial charge in [0.1, 0.15) is 11.9 Å². The number of pyridine rings is 1. The molecule has 1 N–H and O–H groups in total. The summed E-state index contributed by atoms with van der Waals surface area (Å²) in [6.45, 7) is 2.33. The average Bonchev–Trinajstić information content (AvgIpc) is 3.17. The molecule has 30 heavy (non-hydrogen) atoms. The van der Waals surface area contributed by atoms with Crippen molar-refractivity contribution < 1.29 is 19.4 Å². The SMILES string of the molecule is CCO[C@@H](CC(=O)O)c1ccc(O[C@@H]2CCc3c(-c4ccccn4)cccc32)cc1. The zero-order chi connectivity index (χ0) is 20.9. The van der Waals surface area contributed by atoms with Crippen LogP contribution in [0.3, 0.4) is 0 Å². The van der Waals surface area contributed by atoms with Crippen molar-refractivity contribution in [2.45, 2.75) is 38.4 Å². The van der Waals surface area contributed by atoms with Crippen LogP contribution < -0.4 is 4.74 Å². The van der Waals surface area contributed by atoms with Crippen LogP contribution in [0.25, 0.3) is 11.3 Å². The lowest BCUT2D eigenvalue weighted by atomic mass is 10.00. The monoisotopic (exact) mass is 403 g/mol. The highest BCUT2D eigenvalue weighted by Gasteiger charge is 2.27. The summed E-state index contributed by atoms with van der Waals surface area (Å²) in [5.41, 5.74) is 5.51. The molecule has 5 nitrogen and oxygen atoms in total. The van der Waals surface area contributed by atoms with Gasteiger partial charge in [-0.2, -0.15) is 0 Å². The number of nitrogens with zero attached hydrogens (tertiary/aromatic N) is 1. The van der Waals surface area contributed by atoms with Crippen molar-refractivity contribution >= 4 is 5.97 Å². The minimum absolute atomic E-state index is 0.00350. The average molecular weight is 403 g/mol. The van der Waals surface area contributed by atoms with E-state index in [2.05, 4.69) is 23.2 Å². The molecule has 0 unspecified atom stereocenters. The smallest absolute Gasteiger partial charge is 0.306 e. The number of aromatic nitrogens is 1. The Hall–Kier alpha value is -3.18. The summed E-state index contributed by atoms with van der Waals surface area (Å²) >= 11 is 0. The van der Waals surface area contributed by atoms with Gasteiger partial charge in [-0.15, -0.1) is 0 Å². The lowest BCUT2D eigenvalue weighted by Gasteiger charge is -2.18. The van der Waals surface area contributed by atoms with Crippen LogP contribution in [0.1, 0.15) is 48.7 Å². The molecule has 5 heteroatoms. The number of carboxylic acids is 1. The second-order valence-corrected chi connectivity index (χ2v) is 7.34. The summed E-state index contributed by atoms with van der Waals surface area (Å²) in [6, 6.07) is 19.8. The fourth-order valence-electron chi connectivity index (χ4n) is 4.06. The van der Waals surface area contributed by atoms with Gasteiger partial charge in [0.15, 0.2) is 0 Å². The maximum atomic E-state index is 11.1. The van der Waals surface area contributed by atoms with Crippen LogP contribution in [0.4, 0.5) is 0 Å². The minimum Gasteiger partial charge on any atom is -0.486 e. The summed E-state index contributed by atoms with van der Waals surface area (Å²) in [7, 11) is 0. The van der Waals surface area contributed by atoms with Gasteiger partial charge < -0.3 is 14.6 Å². The number of carboxylic acid groups (broad SMARTS) is 1. The van der Waals surface area contributed by atoms with E-state index < -0.39 is 12.1 Å². The molecule has 1 aliphatic carbocycles. The van der Waals surface area contributed by atoms with Crippen molar-refractivity contribution in [1.29, 1.82) is 0 Å². The van der Waals surface area contributed by atoms with Crippen LogP contribution in [-0.2, 0) is 16.0 Å². The van der Waals surface area contributed by atoms with Gasteiger partial charge in [0, 0.05) is 18.4 Å². The molecule has 0 aliphatic heterocycles. The third kappa shape index (κ3) is 4.36. The first kappa shape index (κ1) is 20.1. The normalized spacial score (nSPS) is 16.1. The summed E-state index contributed by atoms with van der Waals surface area (Å²) < 4.78 is 11.9. The van der Waals surface area contributed by atoms with E-state index in [0.717, 1.165) is 29.8 Å². The van der Waals surface area contributed by atoms with Crippen molar-refractivity contribution in [3.05, 3.63) is 83.6 Å². The van der Waals surface area contributed by atoms with E-state index in [0.29, 0.717) is 6.61 Å². The van der Waals surface area contributed by atoms with E-state index in [-0.39, 0.29) is 12.5 Å². The van der Waals surface area contributed by atoms with Gasteiger partial charge in [-0.25, -0.2) is 0 Å². The summed E-state index contributed by atoms with van der Waals surface area (Å²) in [6.07, 6.45) is 3.18. The molecule has 2 atom stereocenters. The second kappa shape index (κ2) is 9.09. The number of benzene rings is 2. The molecule has 0 bridgehead atoms. The lowest BCUT2D eigenvalue weighted by Crippen LogP contribution is -2.10. The second-order valence-electron chi connectivity index (χ2n) is 7.34. The van der Waals surface area contributed by atoms with Crippen LogP contribution in [0.2, 0.25) is 0 Å². The van der Waals surface area contributed by atoms with Gasteiger partial charge in [-0.3, -0.25) is 9.78 Å². The maximum absolute atomic E-state index is 11.1. The molecule has 0 amide bonds. The molecule has 0 saturated carbocycles. The first-order valence-corrected chi connectivity index (χ1v) is 10.3. The largest absolute Gasteiger partial charge is 0.486 e. The number of carbonyl (C=O) groups is 1. The summed E-state index contributed by atoms with van der Waals surface area (Å²) in [5, 5.41) is 9.10. The van der Waals surface area contributed by atoms with Crippen molar-refractivity contribution in [1.82, 2.24) is 4.98 Å². The van der Waals surface area contributed by atoms with E-state index >= 15 is 0 Å². The van der Waals surface area contributed by atoms with Crippen molar-refractivity contribution in [3.8, 4) is 17.0 Å². The highest BCUT2D eigenvalue weighted by molar-refractivity contribution is 5.68. The van der Waals surface area contributed by atoms with Gasteiger partial charge in [-0.1, -0.05) is 36.4 Å². The van der Waals surface area contributed by atoms with Crippen molar-refractivity contribution in [2.24, 2.45) is 0 Å². The van der Waals surface area contributed by atoms with E-state index in [4.69, 9.17) is 14.6 Å². The predicted molar refractivity (Wildman–Crippen MR) is 114 cm³/mol. The number of fused-ring (bicyclic) bond motifs is 1. The number of ether oxygens (including phenoxy) is 2. The first-order valence-electron chi connectivity index (χ1n) is 10.3. The van der Waals surface area contributed by atoms with Gasteiger partial charge in [-0.05, 0) is 60.7 Å². The molecule has 0 saturated heterocycles. The maximum Gasteiger partial charge on any atom is 0.306 e. The Balaban J connectivity index is 1.51. The highest BCUT2D eigenvalue weighted by atomic mass is 16.5. The van der Waals surface area contributed by atoms with Crippen LogP contribution in [-0.4, -0.2) is 22.7 Å². The van der Waals surface area contributed by atoms with Crippen molar-refractivity contribution in [2.75, 3.05) is 6.61 Å². The highest BCUT2D eigenvalue weighted by Crippen LogP contribution is 2.39. The lowest BCUT2D eigenvalue weighted by molar-refractivity contribution is -0.140. The standard InChI is InChI=1S/C25H25NO4/c1-2-29-24(16-25(27)28)17-9-11-18(12-10-17)30-23-14-13-19-20(6-5-7-21(19)23)22-8-3-4-15-26-22/h3-12,15,23-24H,2,13-14,16H2,1H3,(H,27,28)/t23-,24+/m1/s1. The molecule has 4 rings (SSSR count). The Bertz CT molecular complexity index is 1000. The Morgan fingerprint density at radius 3 is 2.67 bits per heavy atom. The van der Waals surface area contributed by atoms with Crippen LogP contribution in [0.5, 0.6) is 5.75 Å². The third-order valence-corrected chi connectivity index (χ3v) is 5.41. The molecule has 1 heterocycles. The number of rotatable bonds is 8. The Morgan fingerprint density at radius 2 is 1.97 bits per heavy atom. The van der Waals surface area contributed by atoms with Crippen molar-refractivity contribution in [3.63, 3.8) is 0 Å². The van der Waals surface area contributed by atoms with E-state index in [1.54, 1.807) is 0 Å². The molecule has 0 fully saturated rings. The molecule has 0 spiro atoms. The van der Waals surface area contributed by atoms with E-state index in [1.807, 2.05) is 55.6 Å². The summed E-state index contributed by atoms with van der Waals surface area (Å²) in [5.74, 6) is -0.106. The zero-order valence-corrected chi connectivity index (χ0v) is 17.0. The zero-order valence-electron chi connectivity index (χ0n) is 17.0. The van der Waals surface area contributed by atoms with E-state index in [1.165, 1.54) is 16.7 Å². The van der Waals surface area contributed by atoms with Gasteiger partial charge in [0.05, 0.1) is 18.2 Å². The van der Waals surface area contributed by atoms with Crippen LogP contribution >= 0.6 is 0 Å².